The number of halogens is 1. The third-order valence-corrected chi connectivity index (χ3v) is 3.92. The van der Waals surface area contributed by atoms with Crippen LogP contribution in [0.1, 0.15) is 22.4 Å². The summed E-state index contributed by atoms with van der Waals surface area (Å²) in [5.41, 5.74) is 3.06. The number of nitrogens with zero attached hydrogens (tertiary/aromatic N) is 2. The van der Waals surface area contributed by atoms with Crippen LogP contribution in [0.5, 0.6) is 0 Å². The van der Waals surface area contributed by atoms with E-state index >= 15 is 0 Å². The Balaban J connectivity index is 2.25. The molecule has 0 aliphatic heterocycles. The first-order valence-corrected chi connectivity index (χ1v) is 7.39. The van der Waals surface area contributed by atoms with Crippen molar-refractivity contribution in [3.63, 3.8) is 0 Å². The van der Waals surface area contributed by atoms with E-state index in [-0.39, 0.29) is 5.82 Å². The summed E-state index contributed by atoms with van der Waals surface area (Å²) in [7, 11) is 1.59. The lowest BCUT2D eigenvalue weighted by Gasteiger charge is -2.09. The van der Waals surface area contributed by atoms with E-state index in [0.29, 0.717) is 22.9 Å². The van der Waals surface area contributed by atoms with E-state index in [1.807, 2.05) is 19.1 Å². The van der Waals surface area contributed by atoms with Crippen LogP contribution in [-0.4, -0.2) is 12.1 Å². The number of ether oxygens (including phenoxy) is 1. The lowest BCUT2D eigenvalue weighted by atomic mass is 10.1. The van der Waals surface area contributed by atoms with Gasteiger partial charge in [0.25, 0.3) is 0 Å². The topological polar surface area (TPSA) is 45.9 Å². The largest absolute Gasteiger partial charge is 0.380 e. The standard InChI is InChI=1S/C16H15FN2OS/c1-11-6-13(9-20-2)15(8-18)16(19-11)21-10-12-4-3-5-14(17)7-12/h3-7H,9-10H2,1-2H3. The van der Waals surface area contributed by atoms with Crippen molar-refractivity contribution >= 4 is 11.8 Å². The maximum atomic E-state index is 13.2. The summed E-state index contributed by atoms with van der Waals surface area (Å²) in [4.78, 5) is 4.42. The monoisotopic (exact) mass is 302 g/mol. The maximum Gasteiger partial charge on any atom is 0.123 e. The Morgan fingerprint density at radius 1 is 1.38 bits per heavy atom. The summed E-state index contributed by atoms with van der Waals surface area (Å²) in [6.07, 6.45) is 0. The number of benzene rings is 1. The second kappa shape index (κ2) is 7.21. The van der Waals surface area contributed by atoms with Gasteiger partial charge in [-0.05, 0) is 36.2 Å². The molecule has 0 N–H and O–H groups in total. The zero-order valence-corrected chi connectivity index (χ0v) is 12.7. The minimum absolute atomic E-state index is 0.258. The Morgan fingerprint density at radius 2 is 2.19 bits per heavy atom. The lowest BCUT2D eigenvalue weighted by Crippen LogP contribution is -1.99. The van der Waals surface area contributed by atoms with E-state index in [0.717, 1.165) is 16.8 Å². The van der Waals surface area contributed by atoms with Gasteiger partial charge in [0.1, 0.15) is 16.9 Å². The van der Waals surface area contributed by atoms with Crippen molar-refractivity contribution in [2.24, 2.45) is 0 Å². The van der Waals surface area contributed by atoms with Crippen molar-refractivity contribution in [1.29, 1.82) is 5.26 Å². The van der Waals surface area contributed by atoms with Gasteiger partial charge in [0, 0.05) is 18.6 Å². The Labute approximate surface area is 127 Å². The molecule has 0 saturated heterocycles. The van der Waals surface area contributed by atoms with E-state index in [1.165, 1.54) is 23.9 Å². The molecule has 0 bridgehead atoms. The molecule has 0 atom stereocenters. The molecular formula is C16H15FN2OS. The SMILES string of the molecule is COCc1cc(C)nc(SCc2cccc(F)c2)c1C#N. The van der Waals surface area contributed by atoms with Crippen LogP contribution in [0.3, 0.4) is 0 Å². The average molecular weight is 302 g/mol. The predicted octanol–water partition coefficient (Wildman–Crippen LogP) is 3.84. The van der Waals surface area contributed by atoms with Crippen molar-refractivity contribution in [2.75, 3.05) is 7.11 Å². The molecule has 0 fully saturated rings. The lowest BCUT2D eigenvalue weighted by molar-refractivity contribution is 0.184. The van der Waals surface area contributed by atoms with Gasteiger partial charge >= 0.3 is 0 Å². The molecule has 0 unspecified atom stereocenters. The molecule has 0 aliphatic rings. The molecule has 1 aromatic heterocycles. The minimum Gasteiger partial charge on any atom is -0.380 e. The van der Waals surface area contributed by atoms with E-state index in [2.05, 4.69) is 11.1 Å². The van der Waals surface area contributed by atoms with Gasteiger partial charge in [-0.3, -0.25) is 0 Å². The van der Waals surface area contributed by atoms with Crippen LogP contribution in [0.4, 0.5) is 4.39 Å². The van der Waals surface area contributed by atoms with Crippen molar-refractivity contribution < 1.29 is 9.13 Å². The number of aryl methyl sites for hydroxylation is 1. The number of aromatic nitrogens is 1. The van der Waals surface area contributed by atoms with E-state index in [4.69, 9.17) is 4.74 Å². The van der Waals surface area contributed by atoms with Crippen LogP contribution in [0.15, 0.2) is 35.4 Å². The Morgan fingerprint density at radius 3 is 2.86 bits per heavy atom. The molecule has 2 aromatic rings. The second-order valence-corrected chi connectivity index (χ2v) is 5.53. The molecule has 108 valence electrons. The zero-order chi connectivity index (χ0) is 15.2. The van der Waals surface area contributed by atoms with Gasteiger partial charge in [0.05, 0.1) is 12.2 Å². The molecule has 1 heterocycles. The summed E-state index contributed by atoms with van der Waals surface area (Å²) in [6.45, 7) is 2.26. The normalized spacial score (nSPS) is 10.4. The van der Waals surface area contributed by atoms with Gasteiger partial charge in [-0.2, -0.15) is 5.26 Å². The molecular weight excluding hydrogens is 287 g/mol. The number of nitriles is 1. The fourth-order valence-electron chi connectivity index (χ4n) is 1.98. The average Bonchev–Trinajstić information content (AvgIpc) is 2.45. The Kier molecular flexibility index (Phi) is 5.32. The van der Waals surface area contributed by atoms with Gasteiger partial charge in [-0.15, -0.1) is 11.8 Å². The second-order valence-electron chi connectivity index (χ2n) is 4.57. The number of methoxy groups -OCH3 is 1. The number of pyridine rings is 1. The molecule has 0 saturated carbocycles. The molecule has 0 aliphatic carbocycles. The first-order chi connectivity index (χ1) is 10.1. The molecule has 0 radical (unpaired) electrons. The maximum absolute atomic E-state index is 13.2. The molecule has 5 heteroatoms. The summed E-state index contributed by atoms with van der Waals surface area (Å²) >= 11 is 1.43. The first-order valence-electron chi connectivity index (χ1n) is 6.41. The van der Waals surface area contributed by atoms with Gasteiger partial charge < -0.3 is 4.74 Å². The van der Waals surface area contributed by atoms with Crippen LogP contribution >= 0.6 is 11.8 Å². The molecule has 0 spiro atoms. The third kappa shape index (κ3) is 4.03. The van der Waals surface area contributed by atoms with Crippen molar-refractivity contribution in [2.45, 2.75) is 24.3 Å². The molecule has 1 aromatic carbocycles. The van der Waals surface area contributed by atoms with Crippen molar-refractivity contribution in [3.05, 3.63) is 58.5 Å². The van der Waals surface area contributed by atoms with Crippen LogP contribution in [0, 0.1) is 24.1 Å². The highest BCUT2D eigenvalue weighted by Crippen LogP contribution is 2.27. The minimum atomic E-state index is -0.258. The molecule has 21 heavy (non-hydrogen) atoms. The van der Waals surface area contributed by atoms with E-state index in [9.17, 15) is 9.65 Å². The molecule has 3 nitrogen and oxygen atoms in total. The smallest absolute Gasteiger partial charge is 0.123 e. The highest BCUT2D eigenvalue weighted by atomic mass is 32.2. The first kappa shape index (κ1) is 15.5. The molecule has 0 amide bonds. The fraction of sp³-hybridized carbons (Fsp3) is 0.250. The summed E-state index contributed by atoms with van der Waals surface area (Å²) in [5, 5.41) is 10.0. The Bertz CT molecular complexity index is 682. The van der Waals surface area contributed by atoms with Gasteiger partial charge in [-0.1, -0.05) is 12.1 Å². The molecule has 2 rings (SSSR count). The van der Waals surface area contributed by atoms with Crippen LogP contribution in [0.25, 0.3) is 0 Å². The summed E-state index contributed by atoms with van der Waals surface area (Å²) < 4.78 is 18.3. The summed E-state index contributed by atoms with van der Waals surface area (Å²) in [6, 6.07) is 10.5. The quantitative estimate of drug-likeness (QED) is 0.787. The predicted molar refractivity (Wildman–Crippen MR) is 80.4 cm³/mol. The highest BCUT2D eigenvalue weighted by Gasteiger charge is 2.12. The third-order valence-electron chi connectivity index (χ3n) is 2.87. The van der Waals surface area contributed by atoms with Crippen LogP contribution in [-0.2, 0) is 17.1 Å². The van der Waals surface area contributed by atoms with Crippen molar-refractivity contribution in [1.82, 2.24) is 4.98 Å². The van der Waals surface area contributed by atoms with Crippen molar-refractivity contribution in [3.8, 4) is 6.07 Å². The summed E-state index contributed by atoms with van der Waals surface area (Å²) in [5.74, 6) is 0.306. The van der Waals surface area contributed by atoms with E-state index < -0.39 is 0 Å². The zero-order valence-electron chi connectivity index (χ0n) is 11.9. The number of hydrogen-bond acceptors (Lipinski definition) is 4. The Hall–Kier alpha value is -1.90. The van der Waals surface area contributed by atoms with Crippen LogP contribution in [0.2, 0.25) is 0 Å². The number of hydrogen-bond donors (Lipinski definition) is 0. The van der Waals surface area contributed by atoms with Gasteiger partial charge in [0.15, 0.2) is 0 Å². The van der Waals surface area contributed by atoms with Crippen LogP contribution < -0.4 is 0 Å². The van der Waals surface area contributed by atoms with Gasteiger partial charge in [-0.25, -0.2) is 9.37 Å². The van der Waals surface area contributed by atoms with Gasteiger partial charge in [0.2, 0.25) is 0 Å². The fourth-order valence-corrected chi connectivity index (χ4v) is 2.99. The van der Waals surface area contributed by atoms with E-state index in [1.54, 1.807) is 13.2 Å². The number of thioether (sulfide) groups is 1. The number of rotatable bonds is 5. The highest BCUT2D eigenvalue weighted by molar-refractivity contribution is 7.98.